The lowest BCUT2D eigenvalue weighted by atomic mass is 10.2. The van der Waals surface area contributed by atoms with Crippen LogP contribution in [0.25, 0.3) is 10.2 Å². The van der Waals surface area contributed by atoms with Crippen LogP contribution in [0.15, 0.2) is 17.5 Å². The lowest BCUT2D eigenvalue weighted by Gasteiger charge is -2.16. The van der Waals surface area contributed by atoms with Crippen molar-refractivity contribution in [2.75, 3.05) is 23.7 Å². The van der Waals surface area contributed by atoms with E-state index in [1.807, 2.05) is 24.4 Å². The Bertz CT molecular complexity index is 1000. The molecule has 2 N–H and O–H groups in total. The molecule has 1 saturated heterocycles. The molecule has 1 aliphatic heterocycles. The maximum Gasteiger partial charge on any atom is 0.298 e. The van der Waals surface area contributed by atoms with Gasteiger partial charge in [-0.3, -0.25) is 4.79 Å². The second-order valence-electron chi connectivity index (χ2n) is 6.01. The molecule has 0 radical (unpaired) electrons. The highest BCUT2D eigenvalue weighted by Crippen LogP contribution is 2.30. The molecule has 1 aliphatic rings. The molecule has 1 atom stereocenters. The van der Waals surface area contributed by atoms with E-state index in [0.717, 1.165) is 33.2 Å². The zero-order valence-corrected chi connectivity index (χ0v) is 15.7. The Labute approximate surface area is 158 Å². The van der Waals surface area contributed by atoms with Crippen molar-refractivity contribution in [3.63, 3.8) is 0 Å². The van der Waals surface area contributed by atoms with Crippen molar-refractivity contribution >= 4 is 55.8 Å². The lowest BCUT2D eigenvalue weighted by molar-refractivity contribution is -0.124. The fourth-order valence-electron chi connectivity index (χ4n) is 2.90. The van der Waals surface area contributed by atoms with Crippen LogP contribution >= 0.6 is 22.9 Å². The van der Waals surface area contributed by atoms with Crippen molar-refractivity contribution in [2.45, 2.75) is 19.4 Å². The van der Waals surface area contributed by atoms with Crippen LogP contribution in [0.2, 0.25) is 0 Å². The molecule has 7 nitrogen and oxygen atoms in total. The first-order valence-corrected chi connectivity index (χ1v) is 9.75. The smallest absolute Gasteiger partial charge is 0.298 e. The Morgan fingerprint density at radius 1 is 1.46 bits per heavy atom. The van der Waals surface area contributed by atoms with Crippen LogP contribution < -0.4 is 10.6 Å². The van der Waals surface area contributed by atoms with Crippen molar-refractivity contribution in [3.05, 3.63) is 23.2 Å². The first kappa shape index (κ1) is 16.8. The van der Waals surface area contributed by atoms with Crippen LogP contribution in [-0.4, -0.2) is 44.3 Å². The molecule has 26 heavy (non-hydrogen) atoms. The molecule has 3 aromatic heterocycles. The number of terminal acetylenes is 1. The van der Waals surface area contributed by atoms with E-state index in [0.29, 0.717) is 19.0 Å². The quantitative estimate of drug-likeness (QED) is 0.673. The average molecular weight is 384 g/mol. The number of anilines is 3. The molecule has 4 heterocycles. The second-order valence-corrected chi connectivity index (χ2v) is 7.73. The minimum absolute atomic E-state index is 0.117. The molecule has 0 bridgehead atoms. The maximum atomic E-state index is 11.7. The van der Waals surface area contributed by atoms with Crippen molar-refractivity contribution in [3.8, 4) is 12.3 Å². The molecule has 9 heteroatoms. The molecule has 1 amide bonds. The molecule has 132 valence electrons. The molecule has 3 aromatic rings. The first-order chi connectivity index (χ1) is 12.6. The van der Waals surface area contributed by atoms with Crippen LogP contribution in [-0.2, 0) is 4.79 Å². The van der Waals surface area contributed by atoms with Crippen LogP contribution in [0.4, 0.5) is 16.8 Å². The highest BCUT2D eigenvalue weighted by molar-refractivity contribution is 7.17. The summed E-state index contributed by atoms with van der Waals surface area (Å²) in [5.74, 6) is 3.21. The van der Waals surface area contributed by atoms with Crippen molar-refractivity contribution < 1.29 is 4.79 Å². The number of likely N-dealkylation sites (tertiary alicyclic amines) is 1. The topological polar surface area (TPSA) is 83.0 Å². The fourth-order valence-corrected chi connectivity index (χ4v) is 4.34. The van der Waals surface area contributed by atoms with Crippen molar-refractivity contribution in [2.24, 2.45) is 0 Å². The summed E-state index contributed by atoms with van der Waals surface area (Å²) in [5.41, 5.74) is 1.84. The van der Waals surface area contributed by atoms with Gasteiger partial charge in [-0.25, -0.2) is 4.98 Å². The third-order valence-electron chi connectivity index (χ3n) is 4.11. The van der Waals surface area contributed by atoms with Gasteiger partial charge < -0.3 is 15.5 Å². The molecule has 0 unspecified atom stereocenters. The Morgan fingerprint density at radius 2 is 2.35 bits per heavy atom. The van der Waals surface area contributed by atoms with Crippen LogP contribution in [0, 0.1) is 19.3 Å². The standard InChI is InChI=1S/C17H16N6OS2/c1-3-14(24)23-6-4-11(9-23)18-16-15-12(5-7-25-15)19-17(21-16)20-13-8-10(2)22-26-13/h1,5,7-8,11H,4,6,9H2,2H3,(H2,18,19,20,21)/t11-/m1/s1. The predicted molar refractivity (Wildman–Crippen MR) is 105 cm³/mol. The van der Waals surface area contributed by atoms with E-state index in [9.17, 15) is 4.79 Å². The van der Waals surface area contributed by atoms with Gasteiger partial charge in [0.25, 0.3) is 5.91 Å². The third kappa shape index (κ3) is 3.34. The number of hydrogen-bond acceptors (Lipinski definition) is 8. The van der Waals surface area contributed by atoms with Gasteiger partial charge in [0.1, 0.15) is 10.8 Å². The summed E-state index contributed by atoms with van der Waals surface area (Å²) in [5, 5.41) is 9.56. The number of hydrogen-bond donors (Lipinski definition) is 2. The monoisotopic (exact) mass is 384 g/mol. The Kier molecular flexibility index (Phi) is 4.44. The Balaban J connectivity index is 1.57. The SMILES string of the molecule is C#CC(=O)N1CC[C@@H](Nc2nc(Nc3cc(C)ns3)nc3ccsc23)C1. The second kappa shape index (κ2) is 6.90. The summed E-state index contributed by atoms with van der Waals surface area (Å²) in [4.78, 5) is 22.6. The summed E-state index contributed by atoms with van der Waals surface area (Å²) >= 11 is 2.96. The molecular formula is C17H16N6OS2. The number of amides is 1. The number of nitrogens with zero attached hydrogens (tertiary/aromatic N) is 4. The van der Waals surface area contributed by atoms with E-state index in [2.05, 4.69) is 30.9 Å². The fraction of sp³-hybridized carbons (Fsp3) is 0.294. The normalized spacial score (nSPS) is 16.6. The summed E-state index contributed by atoms with van der Waals surface area (Å²) in [7, 11) is 0. The molecule has 0 saturated carbocycles. The molecule has 0 aromatic carbocycles. The zero-order chi connectivity index (χ0) is 18.1. The molecule has 4 rings (SSSR count). The number of fused-ring (bicyclic) bond motifs is 1. The number of aromatic nitrogens is 3. The van der Waals surface area contributed by atoms with Gasteiger partial charge in [0.05, 0.1) is 15.9 Å². The van der Waals surface area contributed by atoms with Gasteiger partial charge in [-0.2, -0.15) is 9.36 Å². The van der Waals surface area contributed by atoms with E-state index < -0.39 is 0 Å². The highest BCUT2D eigenvalue weighted by atomic mass is 32.1. The third-order valence-corrected chi connectivity index (χ3v) is 5.81. The average Bonchev–Trinajstić information content (AvgIpc) is 3.35. The van der Waals surface area contributed by atoms with E-state index in [4.69, 9.17) is 6.42 Å². The van der Waals surface area contributed by atoms with E-state index in [1.54, 1.807) is 16.2 Å². The Morgan fingerprint density at radius 3 is 3.12 bits per heavy atom. The van der Waals surface area contributed by atoms with Gasteiger partial charge in [0.15, 0.2) is 0 Å². The van der Waals surface area contributed by atoms with Gasteiger partial charge in [0, 0.05) is 19.1 Å². The van der Waals surface area contributed by atoms with Crippen LogP contribution in [0.5, 0.6) is 0 Å². The molecule has 0 aliphatic carbocycles. The van der Waals surface area contributed by atoms with Crippen LogP contribution in [0.3, 0.4) is 0 Å². The van der Waals surface area contributed by atoms with Gasteiger partial charge in [0.2, 0.25) is 5.95 Å². The largest absolute Gasteiger partial charge is 0.364 e. The first-order valence-electron chi connectivity index (χ1n) is 8.10. The Hall–Kier alpha value is -2.70. The van der Waals surface area contributed by atoms with Gasteiger partial charge in [-0.15, -0.1) is 17.8 Å². The van der Waals surface area contributed by atoms with Crippen molar-refractivity contribution in [1.29, 1.82) is 0 Å². The predicted octanol–water partition coefficient (Wildman–Crippen LogP) is 2.85. The number of rotatable bonds is 4. The minimum Gasteiger partial charge on any atom is -0.364 e. The number of carbonyl (C=O) groups excluding carboxylic acids is 1. The van der Waals surface area contributed by atoms with E-state index in [-0.39, 0.29) is 11.9 Å². The number of nitrogens with one attached hydrogen (secondary N) is 2. The van der Waals surface area contributed by atoms with Gasteiger partial charge >= 0.3 is 0 Å². The van der Waals surface area contributed by atoms with Crippen molar-refractivity contribution in [1.82, 2.24) is 19.2 Å². The number of thiophene rings is 1. The molecule has 0 spiro atoms. The van der Waals surface area contributed by atoms with Gasteiger partial charge in [-0.1, -0.05) is 0 Å². The number of carbonyl (C=O) groups is 1. The zero-order valence-electron chi connectivity index (χ0n) is 14.0. The summed E-state index contributed by atoms with van der Waals surface area (Å²) in [6, 6.07) is 4.05. The van der Waals surface area contributed by atoms with Crippen LogP contribution in [0.1, 0.15) is 12.1 Å². The number of aryl methyl sites for hydroxylation is 1. The van der Waals surface area contributed by atoms with E-state index in [1.165, 1.54) is 11.5 Å². The highest BCUT2D eigenvalue weighted by Gasteiger charge is 2.26. The molecule has 1 fully saturated rings. The lowest BCUT2D eigenvalue weighted by Crippen LogP contribution is -2.30. The summed E-state index contributed by atoms with van der Waals surface area (Å²) in [6.45, 7) is 3.18. The van der Waals surface area contributed by atoms with E-state index >= 15 is 0 Å². The molecular weight excluding hydrogens is 368 g/mol. The summed E-state index contributed by atoms with van der Waals surface area (Å²) in [6.07, 6.45) is 6.05. The van der Waals surface area contributed by atoms with Gasteiger partial charge in [-0.05, 0) is 48.3 Å². The summed E-state index contributed by atoms with van der Waals surface area (Å²) < 4.78 is 5.26. The maximum absolute atomic E-state index is 11.7. The minimum atomic E-state index is -0.263.